The highest BCUT2D eigenvalue weighted by Crippen LogP contribution is 2.15. The van der Waals surface area contributed by atoms with E-state index in [0.717, 1.165) is 5.56 Å². The zero-order valence-corrected chi connectivity index (χ0v) is 7.72. The van der Waals surface area contributed by atoms with Crippen LogP contribution >= 0.6 is 0 Å². The maximum Gasteiger partial charge on any atom is 0.203 e. The third kappa shape index (κ3) is 2.72. The van der Waals surface area contributed by atoms with E-state index >= 15 is 0 Å². The van der Waals surface area contributed by atoms with Crippen molar-refractivity contribution in [3.8, 4) is 0 Å². The van der Waals surface area contributed by atoms with Gasteiger partial charge in [0.05, 0.1) is 6.61 Å². The van der Waals surface area contributed by atoms with Crippen molar-refractivity contribution in [2.24, 2.45) is 16.6 Å². The zero-order chi connectivity index (χ0) is 10.4. The van der Waals surface area contributed by atoms with Gasteiger partial charge in [0.15, 0.2) is 0 Å². The summed E-state index contributed by atoms with van der Waals surface area (Å²) in [5, 5.41) is 9.09. The SMILES string of the molecule is NNC(N)=NC(CO)c1ccccc1. The quantitative estimate of drug-likeness (QED) is 0.226. The van der Waals surface area contributed by atoms with Crippen molar-refractivity contribution in [3.05, 3.63) is 35.9 Å². The van der Waals surface area contributed by atoms with Gasteiger partial charge in [-0.05, 0) is 5.56 Å². The van der Waals surface area contributed by atoms with E-state index in [2.05, 4.69) is 10.4 Å². The van der Waals surface area contributed by atoms with E-state index < -0.39 is 0 Å². The molecule has 1 atom stereocenters. The molecule has 0 aliphatic heterocycles. The minimum Gasteiger partial charge on any atom is -0.394 e. The van der Waals surface area contributed by atoms with Crippen LogP contribution in [0, 0.1) is 0 Å². The summed E-state index contributed by atoms with van der Waals surface area (Å²) in [6.07, 6.45) is 0. The highest BCUT2D eigenvalue weighted by atomic mass is 16.3. The lowest BCUT2D eigenvalue weighted by Gasteiger charge is -2.10. The van der Waals surface area contributed by atoms with E-state index in [1.807, 2.05) is 30.3 Å². The molecule has 1 unspecified atom stereocenters. The molecule has 0 amide bonds. The second kappa shape index (κ2) is 5.21. The molecule has 14 heavy (non-hydrogen) atoms. The molecule has 0 aliphatic rings. The molecule has 0 spiro atoms. The molecule has 1 aromatic carbocycles. The van der Waals surface area contributed by atoms with Crippen LogP contribution in [0.15, 0.2) is 35.3 Å². The number of aliphatic imine (C=N–C) groups is 1. The number of aliphatic hydroxyl groups is 1. The Morgan fingerprint density at radius 3 is 2.57 bits per heavy atom. The zero-order valence-electron chi connectivity index (χ0n) is 7.72. The molecule has 0 saturated heterocycles. The Bertz CT molecular complexity index is 299. The Kier molecular flexibility index (Phi) is 3.90. The van der Waals surface area contributed by atoms with E-state index in [4.69, 9.17) is 16.7 Å². The number of rotatable bonds is 3. The van der Waals surface area contributed by atoms with Crippen LogP contribution in [-0.4, -0.2) is 17.7 Å². The Hall–Kier alpha value is -1.59. The van der Waals surface area contributed by atoms with E-state index in [-0.39, 0.29) is 18.6 Å². The van der Waals surface area contributed by atoms with Gasteiger partial charge in [-0.2, -0.15) is 0 Å². The number of benzene rings is 1. The third-order valence-electron chi connectivity index (χ3n) is 1.80. The largest absolute Gasteiger partial charge is 0.394 e. The van der Waals surface area contributed by atoms with Crippen molar-refractivity contribution >= 4 is 5.96 Å². The number of hydrazine groups is 1. The first-order valence-electron chi connectivity index (χ1n) is 4.23. The highest BCUT2D eigenvalue weighted by Gasteiger charge is 2.07. The van der Waals surface area contributed by atoms with Crippen LogP contribution in [0.1, 0.15) is 11.6 Å². The van der Waals surface area contributed by atoms with Gasteiger partial charge in [0, 0.05) is 0 Å². The van der Waals surface area contributed by atoms with Crippen molar-refractivity contribution in [2.75, 3.05) is 6.61 Å². The fourth-order valence-corrected chi connectivity index (χ4v) is 1.10. The Labute approximate surface area is 82.4 Å². The van der Waals surface area contributed by atoms with Gasteiger partial charge < -0.3 is 10.8 Å². The van der Waals surface area contributed by atoms with Crippen molar-refractivity contribution in [1.82, 2.24) is 5.43 Å². The second-order valence-corrected chi connectivity index (χ2v) is 2.77. The molecule has 76 valence electrons. The molecule has 1 rings (SSSR count). The van der Waals surface area contributed by atoms with E-state index in [1.165, 1.54) is 0 Å². The van der Waals surface area contributed by atoms with Crippen LogP contribution in [0.25, 0.3) is 0 Å². The molecular formula is C9H14N4O. The molecule has 0 heterocycles. The van der Waals surface area contributed by atoms with Crippen LogP contribution in [0.3, 0.4) is 0 Å². The van der Waals surface area contributed by atoms with Gasteiger partial charge in [-0.15, -0.1) is 0 Å². The standard InChI is InChI=1S/C9H14N4O/c10-9(13-11)12-8(6-14)7-4-2-1-3-5-7/h1-5,8,14H,6,11H2,(H3,10,12,13). The van der Waals surface area contributed by atoms with E-state index in [9.17, 15) is 0 Å². The van der Waals surface area contributed by atoms with E-state index in [0.29, 0.717) is 0 Å². The van der Waals surface area contributed by atoms with Crippen molar-refractivity contribution in [3.63, 3.8) is 0 Å². The molecule has 1 aromatic rings. The van der Waals surface area contributed by atoms with Gasteiger partial charge in [-0.25, -0.2) is 10.8 Å². The molecule has 0 bridgehead atoms. The number of nitrogens with two attached hydrogens (primary N) is 2. The number of nitrogens with zero attached hydrogens (tertiary/aromatic N) is 1. The first-order chi connectivity index (χ1) is 6.77. The lowest BCUT2D eigenvalue weighted by Crippen LogP contribution is -2.37. The van der Waals surface area contributed by atoms with Crippen molar-refractivity contribution in [2.45, 2.75) is 6.04 Å². The second-order valence-electron chi connectivity index (χ2n) is 2.77. The van der Waals surface area contributed by atoms with Gasteiger partial charge in [-0.3, -0.25) is 5.43 Å². The fourth-order valence-electron chi connectivity index (χ4n) is 1.10. The normalized spacial score (nSPS) is 13.7. The van der Waals surface area contributed by atoms with Crippen molar-refractivity contribution in [1.29, 1.82) is 0 Å². The molecule has 5 nitrogen and oxygen atoms in total. The fraction of sp³-hybridized carbons (Fsp3) is 0.222. The number of hydrogen-bond acceptors (Lipinski definition) is 3. The van der Waals surface area contributed by atoms with Gasteiger partial charge in [0.2, 0.25) is 5.96 Å². The molecule has 0 radical (unpaired) electrons. The topological polar surface area (TPSA) is 96.7 Å². The minimum atomic E-state index is -0.368. The average molecular weight is 194 g/mol. The van der Waals surface area contributed by atoms with Gasteiger partial charge >= 0.3 is 0 Å². The summed E-state index contributed by atoms with van der Waals surface area (Å²) in [5.74, 6) is 5.17. The number of nitrogens with one attached hydrogen (secondary N) is 1. The summed E-state index contributed by atoms with van der Waals surface area (Å²) >= 11 is 0. The lowest BCUT2D eigenvalue weighted by molar-refractivity contribution is 0.268. The molecule has 5 heteroatoms. The summed E-state index contributed by atoms with van der Waals surface area (Å²) in [6.45, 7) is -0.105. The first-order valence-corrected chi connectivity index (χ1v) is 4.23. The molecule has 0 aromatic heterocycles. The summed E-state index contributed by atoms with van der Waals surface area (Å²) in [6, 6.07) is 9.01. The number of aliphatic hydroxyl groups excluding tert-OH is 1. The highest BCUT2D eigenvalue weighted by molar-refractivity contribution is 5.77. The predicted octanol–water partition coefficient (Wildman–Crippen LogP) is -0.502. The molecular weight excluding hydrogens is 180 g/mol. The Balaban J connectivity index is 2.83. The summed E-state index contributed by atoms with van der Waals surface area (Å²) in [5.41, 5.74) is 8.50. The summed E-state index contributed by atoms with van der Waals surface area (Å²) in [4.78, 5) is 3.99. The van der Waals surface area contributed by atoms with E-state index in [1.54, 1.807) is 0 Å². The maximum absolute atomic E-state index is 9.09. The van der Waals surface area contributed by atoms with Gasteiger partial charge in [0.1, 0.15) is 6.04 Å². The molecule has 0 aliphatic carbocycles. The van der Waals surface area contributed by atoms with Crippen LogP contribution in [0.2, 0.25) is 0 Å². The predicted molar refractivity (Wildman–Crippen MR) is 55.2 cm³/mol. The van der Waals surface area contributed by atoms with Crippen LogP contribution in [-0.2, 0) is 0 Å². The summed E-state index contributed by atoms with van der Waals surface area (Å²) < 4.78 is 0. The van der Waals surface area contributed by atoms with Gasteiger partial charge in [0.25, 0.3) is 0 Å². The van der Waals surface area contributed by atoms with Crippen LogP contribution in [0.4, 0.5) is 0 Å². The first kappa shape index (κ1) is 10.5. The van der Waals surface area contributed by atoms with Crippen LogP contribution < -0.4 is 17.0 Å². The average Bonchev–Trinajstić information content (AvgIpc) is 2.26. The third-order valence-corrected chi connectivity index (χ3v) is 1.80. The van der Waals surface area contributed by atoms with Crippen LogP contribution in [0.5, 0.6) is 0 Å². The smallest absolute Gasteiger partial charge is 0.203 e. The summed E-state index contributed by atoms with van der Waals surface area (Å²) in [7, 11) is 0. The monoisotopic (exact) mass is 194 g/mol. The lowest BCUT2D eigenvalue weighted by atomic mass is 10.1. The van der Waals surface area contributed by atoms with Gasteiger partial charge in [-0.1, -0.05) is 30.3 Å². The molecule has 6 N–H and O–H groups in total. The number of hydrogen-bond donors (Lipinski definition) is 4. The minimum absolute atomic E-state index is 0.105. The van der Waals surface area contributed by atoms with Crippen molar-refractivity contribution < 1.29 is 5.11 Å². The molecule has 0 saturated carbocycles. The molecule has 0 fully saturated rings. The number of guanidine groups is 1. The maximum atomic E-state index is 9.09. The Morgan fingerprint density at radius 1 is 1.43 bits per heavy atom. The Morgan fingerprint density at radius 2 is 2.07 bits per heavy atom.